The third kappa shape index (κ3) is 6.36. The number of anilines is 3. The number of aryl methyl sites for hydroxylation is 2. The van der Waals surface area contributed by atoms with Crippen molar-refractivity contribution in [3.05, 3.63) is 199 Å². The number of pyridine rings is 1. The van der Waals surface area contributed by atoms with E-state index in [1.807, 2.05) is 6.20 Å². The standard InChI is InChI=1S/C53H44N4Si.Pt/c1-37(2)55-36-56(50-28-14-13-27-49(50)55)41-19-16-24-44(34-41)58(42-20-7-5-8-21-42,43-22-9-6-10-23-43)45-29-30-47-46-25-11-12-26-48(46)57(51(47)35-45)52-33-40(31-32-54-52)53-38(3)17-15-18-39(53)4;/h5-33,37H,36H2,1-4H3;/q-2;+2. The van der Waals surface area contributed by atoms with Crippen LogP contribution in [0.15, 0.2) is 176 Å². The maximum atomic E-state index is 5.06. The summed E-state index contributed by atoms with van der Waals surface area (Å²) in [5.41, 5.74) is 10.6. The summed E-state index contributed by atoms with van der Waals surface area (Å²) in [5, 5.41) is 7.27. The molecule has 1 aliphatic rings. The van der Waals surface area contributed by atoms with E-state index < -0.39 is 8.07 Å². The van der Waals surface area contributed by atoms with E-state index in [2.05, 4.69) is 224 Å². The second-order valence-electron chi connectivity index (χ2n) is 15.7. The fourth-order valence-corrected chi connectivity index (χ4v) is 13.9. The third-order valence-corrected chi connectivity index (χ3v) is 16.6. The molecule has 9 aromatic rings. The van der Waals surface area contributed by atoms with Gasteiger partial charge in [0.2, 0.25) is 0 Å². The monoisotopic (exact) mass is 959 g/mol. The van der Waals surface area contributed by atoms with E-state index in [0.29, 0.717) is 6.04 Å². The molecule has 290 valence electrons. The van der Waals surface area contributed by atoms with Crippen molar-refractivity contribution < 1.29 is 21.1 Å². The molecule has 0 fully saturated rings. The average Bonchev–Trinajstić information content (AvgIpc) is 3.82. The first kappa shape index (κ1) is 38.5. The number of para-hydroxylation sites is 3. The Kier molecular flexibility index (Phi) is 10.2. The van der Waals surface area contributed by atoms with Crippen LogP contribution in [0.5, 0.6) is 0 Å². The van der Waals surface area contributed by atoms with Gasteiger partial charge in [-0.15, -0.1) is 11.5 Å². The molecule has 0 aliphatic carbocycles. The topological polar surface area (TPSA) is 24.3 Å². The molecule has 4 nitrogen and oxygen atoms in total. The first-order valence-electron chi connectivity index (χ1n) is 20.2. The van der Waals surface area contributed by atoms with Crippen molar-refractivity contribution in [1.29, 1.82) is 0 Å². The maximum Gasteiger partial charge on any atom is 2.00 e. The van der Waals surface area contributed by atoms with Crippen LogP contribution in [0.1, 0.15) is 25.0 Å². The summed E-state index contributed by atoms with van der Waals surface area (Å²) in [6, 6.07) is 70.6. The van der Waals surface area contributed by atoms with Crippen molar-refractivity contribution in [3.63, 3.8) is 0 Å². The number of benzene rings is 7. The Morgan fingerprint density at radius 1 is 0.593 bits per heavy atom. The smallest absolute Gasteiger partial charge is 0.349 e. The first-order chi connectivity index (χ1) is 28.4. The minimum atomic E-state index is -3.07. The van der Waals surface area contributed by atoms with Crippen LogP contribution < -0.4 is 30.5 Å². The van der Waals surface area contributed by atoms with Gasteiger partial charge in [0.05, 0.1) is 18.0 Å². The van der Waals surface area contributed by atoms with Crippen molar-refractivity contribution >= 4 is 67.7 Å². The van der Waals surface area contributed by atoms with E-state index in [-0.39, 0.29) is 21.1 Å². The van der Waals surface area contributed by atoms with Gasteiger partial charge in [-0.2, -0.15) is 46.8 Å². The Bertz CT molecular complexity index is 2900. The zero-order chi connectivity index (χ0) is 39.4. The van der Waals surface area contributed by atoms with Crippen molar-refractivity contribution in [3.8, 4) is 16.9 Å². The molecule has 1 aliphatic heterocycles. The molecule has 0 saturated heterocycles. The number of hydrogen-bond donors (Lipinski definition) is 0. The van der Waals surface area contributed by atoms with Crippen LogP contribution >= 0.6 is 0 Å². The fraction of sp³-hybridized carbons (Fsp3) is 0.113. The predicted molar refractivity (Wildman–Crippen MR) is 246 cm³/mol. The average molecular weight is 960 g/mol. The largest absolute Gasteiger partial charge is 2.00 e. The van der Waals surface area contributed by atoms with Gasteiger partial charge in [0, 0.05) is 17.8 Å². The number of hydrogen-bond acceptors (Lipinski definition) is 3. The molecule has 0 radical (unpaired) electrons. The second-order valence-corrected chi connectivity index (χ2v) is 19.4. The molecule has 10 rings (SSSR count). The Balaban J connectivity index is 0.00000449. The minimum absolute atomic E-state index is 0. The van der Waals surface area contributed by atoms with E-state index in [0.717, 1.165) is 40.2 Å². The summed E-state index contributed by atoms with van der Waals surface area (Å²) in [5.74, 6) is 0.877. The number of fused-ring (bicyclic) bond motifs is 4. The van der Waals surface area contributed by atoms with Crippen LogP contribution in [-0.4, -0.2) is 30.3 Å². The predicted octanol–water partition coefficient (Wildman–Crippen LogP) is 9.76. The SMILES string of the molecule is Cc1cccc(C)c1-c1ccnc(-n2c3[c-]c([Si](c4[c-]c(N5CN(C(C)C)c6ccccc65)ccc4)(c4ccccc4)c4ccccc4)ccc3c3ccccc32)c1.[Pt+2]. The summed E-state index contributed by atoms with van der Waals surface area (Å²) in [6.07, 6.45) is 1.95. The van der Waals surface area contributed by atoms with Gasteiger partial charge >= 0.3 is 21.1 Å². The summed E-state index contributed by atoms with van der Waals surface area (Å²) < 4.78 is 2.32. The van der Waals surface area contributed by atoms with Gasteiger partial charge in [-0.05, 0) is 96.0 Å². The molecule has 2 aromatic heterocycles. The van der Waals surface area contributed by atoms with Crippen LogP contribution in [0, 0.1) is 26.0 Å². The van der Waals surface area contributed by atoms with Crippen LogP contribution in [0.3, 0.4) is 0 Å². The quantitative estimate of drug-likeness (QED) is 0.0862. The van der Waals surface area contributed by atoms with E-state index in [1.54, 1.807) is 0 Å². The van der Waals surface area contributed by atoms with Crippen LogP contribution in [0.2, 0.25) is 0 Å². The van der Waals surface area contributed by atoms with E-state index in [9.17, 15) is 0 Å². The maximum absolute atomic E-state index is 5.06. The van der Waals surface area contributed by atoms with Gasteiger partial charge in [0.1, 0.15) is 13.9 Å². The van der Waals surface area contributed by atoms with Gasteiger partial charge < -0.3 is 14.4 Å². The van der Waals surface area contributed by atoms with Crippen LogP contribution in [0.25, 0.3) is 38.8 Å². The molecular weight excluding hydrogens is 916 g/mol. The molecule has 0 saturated carbocycles. The van der Waals surface area contributed by atoms with Crippen LogP contribution in [-0.2, 0) is 21.1 Å². The normalized spacial score (nSPS) is 12.6. The molecule has 59 heavy (non-hydrogen) atoms. The van der Waals surface area contributed by atoms with Crippen molar-refractivity contribution in [2.24, 2.45) is 0 Å². The van der Waals surface area contributed by atoms with Crippen molar-refractivity contribution in [1.82, 2.24) is 9.55 Å². The molecule has 0 atom stereocenters. The molecular formula is C53H44N4PtSi. The summed E-state index contributed by atoms with van der Waals surface area (Å²) in [6.45, 7) is 9.69. The number of rotatable bonds is 8. The minimum Gasteiger partial charge on any atom is -0.349 e. The molecule has 3 heterocycles. The Labute approximate surface area is 362 Å². The number of aromatic nitrogens is 2. The summed E-state index contributed by atoms with van der Waals surface area (Å²) in [4.78, 5) is 9.96. The Morgan fingerprint density at radius 2 is 1.22 bits per heavy atom. The first-order valence-corrected chi connectivity index (χ1v) is 22.2. The molecule has 6 heteroatoms. The molecule has 0 N–H and O–H groups in total. The molecule has 0 spiro atoms. The van der Waals surface area contributed by atoms with Gasteiger partial charge in [0.15, 0.2) is 0 Å². The molecule has 0 bridgehead atoms. The fourth-order valence-electron chi connectivity index (χ4n) is 9.35. The molecule has 0 unspecified atom stereocenters. The Hall–Kier alpha value is -6.00. The zero-order valence-corrected chi connectivity index (χ0v) is 36.9. The number of nitrogens with zero attached hydrogens (tertiary/aromatic N) is 4. The van der Waals surface area contributed by atoms with Crippen molar-refractivity contribution in [2.75, 3.05) is 16.5 Å². The third-order valence-electron chi connectivity index (χ3n) is 12.0. The Morgan fingerprint density at radius 3 is 1.93 bits per heavy atom. The second kappa shape index (κ2) is 15.6. The van der Waals surface area contributed by atoms with Crippen LogP contribution in [0.4, 0.5) is 17.1 Å². The van der Waals surface area contributed by atoms with Gasteiger partial charge in [0.25, 0.3) is 0 Å². The summed E-state index contributed by atoms with van der Waals surface area (Å²) >= 11 is 0. The molecule has 7 aromatic carbocycles. The van der Waals surface area contributed by atoms with Gasteiger partial charge in [-0.1, -0.05) is 120 Å². The summed E-state index contributed by atoms with van der Waals surface area (Å²) in [7, 11) is -3.07. The molecule has 0 amide bonds. The van der Waals surface area contributed by atoms with E-state index in [1.165, 1.54) is 54.2 Å². The van der Waals surface area contributed by atoms with E-state index in [4.69, 9.17) is 4.98 Å². The van der Waals surface area contributed by atoms with E-state index >= 15 is 0 Å². The van der Waals surface area contributed by atoms with Gasteiger partial charge in [-0.25, -0.2) is 4.98 Å². The van der Waals surface area contributed by atoms with Crippen molar-refractivity contribution in [2.45, 2.75) is 33.7 Å². The zero-order valence-electron chi connectivity index (χ0n) is 33.6. The van der Waals surface area contributed by atoms with Gasteiger partial charge in [-0.3, -0.25) is 0 Å².